The standard InChI is InChI=1S/C15H27N3O2/c1-13(2)18(9-10-19)11-14(20)17-15(12-16)7-5-3-4-6-8-15/h13,19H,3-11H2,1-2H3,(H,17,20). The van der Waals surface area contributed by atoms with Crippen molar-refractivity contribution in [1.82, 2.24) is 10.2 Å². The van der Waals surface area contributed by atoms with Crippen LogP contribution in [0, 0.1) is 11.3 Å². The van der Waals surface area contributed by atoms with Gasteiger partial charge in [-0.3, -0.25) is 9.69 Å². The first-order valence-corrected chi connectivity index (χ1v) is 7.60. The summed E-state index contributed by atoms with van der Waals surface area (Å²) in [4.78, 5) is 14.1. The van der Waals surface area contributed by atoms with Crippen molar-refractivity contribution in [2.75, 3.05) is 19.7 Å². The minimum atomic E-state index is -0.685. The Morgan fingerprint density at radius 3 is 2.40 bits per heavy atom. The molecule has 1 aliphatic carbocycles. The zero-order chi connectivity index (χ0) is 15.0. The third-order valence-corrected chi connectivity index (χ3v) is 4.01. The Balaban J connectivity index is 2.60. The van der Waals surface area contributed by atoms with Gasteiger partial charge < -0.3 is 10.4 Å². The third kappa shape index (κ3) is 5.10. The van der Waals surface area contributed by atoms with E-state index in [9.17, 15) is 10.1 Å². The monoisotopic (exact) mass is 281 g/mol. The Hall–Kier alpha value is -1.12. The number of rotatable bonds is 6. The molecule has 1 aliphatic rings. The summed E-state index contributed by atoms with van der Waals surface area (Å²) in [7, 11) is 0. The van der Waals surface area contributed by atoms with Crippen molar-refractivity contribution in [2.45, 2.75) is 64.0 Å². The molecule has 114 valence electrons. The first-order chi connectivity index (χ1) is 9.53. The lowest BCUT2D eigenvalue weighted by atomic mass is 9.92. The van der Waals surface area contributed by atoms with E-state index in [4.69, 9.17) is 5.11 Å². The van der Waals surface area contributed by atoms with Crippen LogP contribution in [0.5, 0.6) is 0 Å². The van der Waals surface area contributed by atoms with Crippen LogP contribution in [0.1, 0.15) is 52.4 Å². The van der Waals surface area contributed by atoms with Crippen LogP contribution < -0.4 is 5.32 Å². The summed E-state index contributed by atoms with van der Waals surface area (Å²) < 4.78 is 0. The van der Waals surface area contributed by atoms with Crippen molar-refractivity contribution in [3.63, 3.8) is 0 Å². The van der Waals surface area contributed by atoms with Crippen LogP contribution in [0.3, 0.4) is 0 Å². The number of aliphatic hydroxyl groups excluding tert-OH is 1. The minimum absolute atomic E-state index is 0.0366. The maximum atomic E-state index is 12.2. The highest BCUT2D eigenvalue weighted by Crippen LogP contribution is 2.26. The highest BCUT2D eigenvalue weighted by atomic mass is 16.3. The lowest BCUT2D eigenvalue weighted by Crippen LogP contribution is -2.51. The van der Waals surface area contributed by atoms with Crippen LogP contribution in [0.15, 0.2) is 0 Å². The van der Waals surface area contributed by atoms with E-state index in [1.54, 1.807) is 0 Å². The van der Waals surface area contributed by atoms with Gasteiger partial charge >= 0.3 is 0 Å². The fourth-order valence-corrected chi connectivity index (χ4v) is 2.74. The zero-order valence-corrected chi connectivity index (χ0v) is 12.7. The highest BCUT2D eigenvalue weighted by Gasteiger charge is 2.32. The lowest BCUT2D eigenvalue weighted by Gasteiger charge is -2.30. The van der Waals surface area contributed by atoms with Crippen molar-refractivity contribution in [2.24, 2.45) is 0 Å². The minimum Gasteiger partial charge on any atom is -0.395 e. The summed E-state index contributed by atoms with van der Waals surface area (Å²) in [5.74, 6) is -0.115. The van der Waals surface area contributed by atoms with E-state index >= 15 is 0 Å². The molecular weight excluding hydrogens is 254 g/mol. The molecule has 0 unspecified atom stereocenters. The number of hydrogen-bond acceptors (Lipinski definition) is 4. The number of nitrogens with one attached hydrogen (secondary N) is 1. The van der Waals surface area contributed by atoms with Gasteiger partial charge in [-0.1, -0.05) is 25.7 Å². The van der Waals surface area contributed by atoms with Crippen LogP contribution in [0.4, 0.5) is 0 Å². The van der Waals surface area contributed by atoms with E-state index < -0.39 is 5.54 Å². The molecule has 1 amide bonds. The molecule has 0 aromatic rings. The molecule has 0 heterocycles. The fraction of sp³-hybridized carbons (Fsp3) is 0.867. The number of nitriles is 1. The molecule has 0 radical (unpaired) electrons. The van der Waals surface area contributed by atoms with E-state index in [1.165, 1.54) is 0 Å². The lowest BCUT2D eigenvalue weighted by molar-refractivity contribution is -0.124. The van der Waals surface area contributed by atoms with Gasteiger partial charge in [-0.05, 0) is 26.7 Å². The molecule has 0 aromatic heterocycles. The second kappa shape index (κ2) is 8.23. The largest absolute Gasteiger partial charge is 0.395 e. The molecular formula is C15H27N3O2. The predicted octanol–water partition coefficient (Wildman–Crippen LogP) is 1.42. The number of amides is 1. The van der Waals surface area contributed by atoms with E-state index in [0.717, 1.165) is 38.5 Å². The van der Waals surface area contributed by atoms with Gasteiger partial charge in [0, 0.05) is 12.6 Å². The normalized spacial score (nSPS) is 18.6. The van der Waals surface area contributed by atoms with Crippen molar-refractivity contribution >= 4 is 5.91 Å². The number of nitrogens with zero attached hydrogens (tertiary/aromatic N) is 2. The van der Waals surface area contributed by atoms with E-state index in [2.05, 4.69) is 11.4 Å². The first kappa shape index (κ1) is 16.9. The average Bonchev–Trinajstić information content (AvgIpc) is 2.64. The van der Waals surface area contributed by atoms with Gasteiger partial charge in [-0.25, -0.2) is 0 Å². The van der Waals surface area contributed by atoms with Gasteiger partial charge in [0.05, 0.1) is 19.2 Å². The molecule has 0 aliphatic heterocycles. The molecule has 5 heteroatoms. The second-order valence-corrected chi connectivity index (χ2v) is 5.94. The quantitative estimate of drug-likeness (QED) is 0.722. The summed E-state index contributed by atoms with van der Waals surface area (Å²) in [5.41, 5.74) is -0.685. The van der Waals surface area contributed by atoms with E-state index in [0.29, 0.717) is 6.54 Å². The zero-order valence-electron chi connectivity index (χ0n) is 12.7. The van der Waals surface area contributed by atoms with Crippen LogP contribution in [-0.2, 0) is 4.79 Å². The number of aliphatic hydroxyl groups is 1. The van der Waals surface area contributed by atoms with E-state index in [1.807, 2.05) is 18.7 Å². The molecule has 0 saturated heterocycles. The molecule has 1 saturated carbocycles. The van der Waals surface area contributed by atoms with Crippen LogP contribution >= 0.6 is 0 Å². The molecule has 5 nitrogen and oxygen atoms in total. The van der Waals surface area contributed by atoms with Crippen LogP contribution in [0.2, 0.25) is 0 Å². The van der Waals surface area contributed by atoms with Gasteiger partial charge in [-0.2, -0.15) is 5.26 Å². The highest BCUT2D eigenvalue weighted by molar-refractivity contribution is 5.79. The Morgan fingerprint density at radius 2 is 1.95 bits per heavy atom. The van der Waals surface area contributed by atoms with Crippen molar-refractivity contribution in [1.29, 1.82) is 5.26 Å². The van der Waals surface area contributed by atoms with Crippen LogP contribution in [-0.4, -0.2) is 47.2 Å². The maximum absolute atomic E-state index is 12.2. The molecule has 1 fully saturated rings. The summed E-state index contributed by atoms with van der Waals surface area (Å²) in [5, 5.41) is 21.4. The van der Waals surface area contributed by atoms with Gasteiger partial charge in [0.2, 0.25) is 5.91 Å². The predicted molar refractivity (Wildman–Crippen MR) is 78.0 cm³/mol. The molecule has 2 N–H and O–H groups in total. The van der Waals surface area contributed by atoms with Crippen molar-refractivity contribution in [3.8, 4) is 6.07 Å². The number of carbonyl (C=O) groups is 1. The first-order valence-electron chi connectivity index (χ1n) is 7.60. The summed E-state index contributed by atoms with van der Waals surface area (Å²) in [6.45, 7) is 4.74. The van der Waals surface area contributed by atoms with Gasteiger partial charge in [0.25, 0.3) is 0 Å². The Morgan fingerprint density at radius 1 is 1.35 bits per heavy atom. The van der Waals surface area contributed by atoms with Gasteiger partial charge in [0.15, 0.2) is 0 Å². The molecule has 20 heavy (non-hydrogen) atoms. The number of hydrogen-bond donors (Lipinski definition) is 2. The molecule has 0 atom stereocenters. The van der Waals surface area contributed by atoms with Crippen LogP contribution in [0.25, 0.3) is 0 Å². The van der Waals surface area contributed by atoms with E-state index in [-0.39, 0.29) is 25.1 Å². The maximum Gasteiger partial charge on any atom is 0.235 e. The number of carbonyl (C=O) groups excluding carboxylic acids is 1. The van der Waals surface area contributed by atoms with Crippen molar-refractivity contribution < 1.29 is 9.90 Å². The van der Waals surface area contributed by atoms with Gasteiger partial charge in [-0.15, -0.1) is 0 Å². The summed E-state index contributed by atoms with van der Waals surface area (Å²) >= 11 is 0. The Bertz CT molecular complexity index is 342. The Kier molecular flexibility index (Phi) is 6.97. The third-order valence-electron chi connectivity index (χ3n) is 4.01. The SMILES string of the molecule is CC(C)N(CCO)CC(=O)NC1(C#N)CCCCCC1. The van der Waals surface area contributed by atoms with Crippen molar-refractivity contribution in [3.05, 3.63) is 0 Å². The average molecular weight is 281 g/mol. The fourth-order valence-electron chi connectivity index (χ4n) is 2.74. The molecule has 1 rings (SSSR count). The molecule has 0 aromatic carbocycles. The second-order valence-electron chi connectivity index (χ2n) is 5.94. The smallest absolute Gasteiger partial charge is 0.235 e. The molecule has 0 spiro atoms. The topological polar surface area (TPSA) is 76.4 Å². The summed E-state index contributed by atoms with van der Waals surface area (Å²) in [6, 6.07) is 2.52. The van der Waals surface area contributed by atoms with Gasteiger partial charge in [0.1, 0.15) is 5.54 Å². The summed E-state index contributed by atoms with van der Waals surface area (Å²) in [6.07, 6.45) is 5.77. The Labute approximate surface area is 122 Å². The molecule has 0 bridgehead atoms.